The highest BCUT2D eigenvalue weighted by Crippen LogP contribution is 2.23. The molecule has 0 saturated carbocycles. The van der Waals surface area contributed by atoms with E-state index in [9.17, 15) is 18.0 Å². The first-order chi connectivity index (χ1) is 3.95. The van der Waals surface area contributed by atoms with E-state index in [4.69, 9.17) is 0 Å². The van der Waals surface area contributed by atoms with Crippen molar-refractivity contribution in [2.24, 2.45) is 5.92 Å². The lowest BCUT2D eigenvalue weighted by atomic mass is 10.1. The second-order valence-corrected chi connectivity index (χ2v) is 1.84. The SMILES string of the molecule is CC([C]=O)CC(F)(F)F. The molecule has 1 nitrogen and oxygen atoms in total. The zero-order chi connectivity index (χ0) is 7.49. The van der Waals surface area contributed by atoms with Crippen LogP contribution < -0.4 is 0 Å². The summed E-state index contributed by atoms with van der Waals surface area (Å²) < 4.78 is 33.9. The maximum atomic E-state index is 11.3. The van der Waals surface area contributed by atoms with Gasteiger partial charge in [0.2, 0.25) is 6.29 Å². The first kappa shape index (κ1) is 8.46. The molecular weight excluding hydrogens is 133 g/mol. The van der Waals surface area contributed by atoms with Gasteiger partial charge in [0.15, 0.2) is 0 Å². The van der Waals surface area contributed by atoms with Gasteiger partial charge in [0, 0.05) is 5.92 Å². The van der Waals surface area contributed by atoms with Gasteiger partial charge < -0.3 is 0 Å². The fraction of sp³-hybridized carbons (Fsp3) is 0.800. The van der Waals surface area contributed by atoms with Gasteiger partial charge in [-0.3, -0.25) is 4.79 Å². The summed E-state index contributed by atoms with van der Waals surface area (Å²) in [6.45, 7) is 1.18. The fourth-order valence-corrected chi connectivity index (χ4v) is 0.389. The maximum Gasteiger partial charge on any atom is 0.389 e. The Labute approximate surface area is 50.9 Å². The van der Waals surface area contributed by atoms with Crippen molar-refractivity contribution in [2.75, 3.05) is 0 Å². The van der Waals surface area contributed by atoms with Gasteiger partial charge in [-0.25, -0.2) is 0 Å². The Morgan fingerprint density at radius 3 is 2.11 bits per heavy atom. The molecule has 0 heterocycles. The van der Waals surface area contributed by atoms with E-state index in [1.54, 1.807) is 0 Å². The molecule has 0 aliphatic carbocycles. The zero-order valence-electron chi connectivity index (χ0n) is 4.83. The molecule has 0 amide bonds. The molecule has 1 atom stereocenters. The quantitative estimate of drug-likeness (QED) is 0.568. The lowest BCUT2D eigenvalue weighted by Crippen LogP contribution is -2.13. The minimum atomic E-state index is -4.24. The van der Waals surface area contributed by atoms with Crippen molar-refractivity contribution in [3.63, 3.8) is 0 Å². The fourth-order valence-electron chi connectivity index (χ4n) is 0.389. The number of alkyl halides is 3. The summed E-state index contributed by atoms with van der Waals surface area (Å²) in [7, 11) is 0. The molecular formula is C5H6F3O. The van der Waals surface area contributed by atoms with Crippen molar-refractivity contribution in [1.82, 2.24) is 0 Å². The molecule has 0 aromatic carbocycles. The Balaban J connectivity index is 3.59. The molecule has 9 heavy (non-hydrogen) atoms. The lowest BCUT2D eigenvalue weighted by molar-refractivity contribution is -0.138. The Bertz CT molecular complexity index is 96.9. The van der Waals surface area contributed by atoms with E-state index in [1.165, 1.54) is 13.2 Å². The normalized spacial score (nSPS) is 15.1. The third kappa shape index (κ3) is 5.33. The minimum Gasteiger partial charge on any atom is -0.291 e. The second-order valence-electron chi connectivity index (χ2n) is 1.84. The molecule has 0 spiro atoms. The molecule has 1 unspecified atom stereocenters. The molecule has 0 aliphatic heterocycles. The molecule has 0 aliphatic rings. The van der Waals surface area contributed by atoms with E-state index >= 15 is 0 Å². The third-order valence-electron chi connectivity index (χ3n) is 0.739. The van der Waals surface area contributed by atoms with Crippen molar-refractivity contribution < 1.29 is 18.0 Å². The Kier molecular flexibility index (Phi) is 2.67. The van der Waals surface area contributed by atoms with E-state index in [2.05, 4.69) is 0 Å². The highest BCUT2D eigenvalue weighted by molar-refractivity contribution is 5.53. The topological polar surface area (TPSA) is 17.1 Å². The van der Waals surface area contributed by atoms with E-state index in [1.807, 2.05) is 0 Å². The molecule has 1 radical (unpaired) electrons. The summed E-state index contributed by atoms with van der Waals surface area (Å²) in [6.07, 6.45) is -4.06. The Morgan fingerprint density at radius 1 is 1.56 bits per heavy atom. The second kappa shape index (κ2) is 2.85. The molecule has 4 heteroatoms. The van der Waals surface area contributed by atoms with E-state index in [-0.39, 0.29) is 0 Å². The summed E-state index contributed by atoms with van der Waals surface area (Å²) in [6, 6.07) is 0. The van der Waals surface area contributed by atoms with Crippen molar-refractivity contribution in [3.05, 3.63) is 0 Å². The van der Waals surface area contributed by atoms with Crippen LogP contribution in [0.2, 0.25) is 0 Å². The van der Waals surface area contributed by atoms with Gasteiger partial charge in [-0.1, -0.05) is 6.92 Å². The summed E-state index contributed by atoms with van der Waals surface area (Å²) in [4.78, 5) is 9.56. The van der Waals surface area contributed by atoms with Gasteiger partial charge in [0.05, 0.1) is 6.42 Å². The highest BCUT2D eigenvalue weighted by Gasteiger charge is 2.29. The molecule has 0 aromatic heterocycles. The van der Waals surface area contributed by atoms with Crippen molar-refractivity contribution in [2.45, 2.75) is 19.5 Å². The average molecular weight is 139 g/mol. The molecule has 0 N–H and O–H groups in total. The van der Waals surface area contributed by atoms with Crippen LogP contribution in [0.3, 0.4) is 0 Å². The van der Waals surface area contributed by atoms with Crippen LogP contribution in [0, 0.1) is 5.92 Å². The van der Waals surface area contributed by atoms with Crippen molar-refractivity contribution in [1.29, 1.82) is 0 Å². The maximum absolute atomic E-state index is 11.3. The molecule has 53 valence electrons. The molecule has 0 bridgehead atoms. The standard InChI is InChI=1S/C5H6F3O/c1-4(3-9)2-5(6,7)8/h4H,2H2,1H3. The number of carbonyl (C=O) groups excluding carboxylic acids is 1. The average Bonchev–Trinajstić information content (AvgIpc) is 1.62. The summed E-state index contributed by atoms with van der Waals surface area (Å²) in [5.74, 6) is -1.04. The Hall–Kier alpha value is -0.540. The third-order valence-corrected chi connectivity index (χ3v) is 0.739. The number of rotatable bonds is 2. The zero-order valence-corrected chi connectivity index (χ0v) is 4.83. The van der Waals surface area contributed by atoms with Crippen molar-refractivity contribution in [3.8, 4) is 0 Å². The van der Waals surface area contributed by atoms with Crippen LogP contribution in [-0.2, 0) is 4.79 Å². The summed E-state index contributed by atoms with van der Waals surface area (Å²) >= 11 is 0. The van der Waals surface area contributed by atoms with Crippen LogP contribution in [0.5, 0.6) is 0 Å². The highest BCUT2D eigenvalue weighted by atomic mass is 19.4. The van der Waals surface area contributed by atoms with Crippen LogP contribution in [0.15, 0.2) is 0 Å². The van der Waals surface area contributed by atoms with E-state index in [0.717, 1.165) is 0 Å². The first-order valence-corrected chi connectivity index (χ1v) is 2.40. The predicted molar refractivity (Wildman–Crippen MR) is 25.5 cm³/mol. The first-order valence-electron chi connectivity index (χ1n) is 2.40. The van der Waals surface area contributed by atoms with Crippen molar-refractivity contribution >= 4 is 6.29 Å². The van der Waals surface area contributed by atoms with Gasteiger partial charge in [-0.2, -0.15) is 13.2 Å². The van der Waals surface area contributed by atoms with E-state index < -0.39 is 18.5 Å². The monoisotopic (exact) mass is 139 g/mol. The molecule has 0 saturated heterocycles. The van der Waals surface area contributed by atoms with Gasteiger partial charge in [0.25, 0.3) is 0 Å². The molecule has 0 fully saturated rings. The minimum absolute atomic E-state index is 1.04. The van der Waals surface area contributed by atoms with Crippen LogP contribution in [0.4, 0.5) is 13.2 Å². The Morgan fingerprint density at radius 2 is 2.00 bits per heavy atom. The number of hydrogen-bond acceptors (Lipinski definition) is 1. The van der Waals surface area contributed by atoms with E-state index in [0.29, 0.717) is 0 Å². The van der Waals surface area contributed by atoms with Gasteiger partial charge in [0.1, 0.15) is 0 Å². The van der Waals surface area contributed by atoms with Gasteiger partial charge >= 0.3 is 6.18 Å². The summed E-state index contributed by atoms with van der Waals surface area (Å²) in [5, 5.41) is 0. The molecule has 0 aromatic rings. The smallest absolute Gasteiger partial charge is 0.291 e. The molecule has 0 rings (SSSR count). The lowest BCUT2D eigenvalue weighted by Gasteiger charge is -2.05. The van der Waals surface area contributed by atoms with Crippen LogP contribution in [-0.4, -0.2) is 12.5 Å². The van der Waals surface area contributed by atoms with Gasteiger partial charge in [-0.05, 0) is 0 Å². The number of hydrogen-bond donors (Lipinski definition) is 0. The largest absolute Gasteiger partial charge is 0.389 e. The summed E-state index contributed by atoms with van der Waals surface area (Å²) in [5.41, 5.74) is 0. The predicted octanol–water partition coefficient (Wildman–Crippen LogP) is 1.68. The number of halogens is 3. The van der Waals surface area contributed by atoms with Gasteiger partial charge in [-0.15, -0.1) is 0 Å². The van der Waals surface area contributed by atoms with Crippen LogP contribution in [0.25, 0.3) is 0 Å². The van der Waals surface area contributed by atoms with Crippen LogP contribution >= 0.6 is 0 Å². The van der Waals surface area contributed by atoms with Crippen LogP contribution in [0.1, 0.15) is 13.3 Å².